The van der Waals surface area contributed by atoms with Gasteiger partial charge in [0.1, 0.15) is 0 Å². The van der Waals surface area contributed by atoms with Crippen molar-refractivity contribution in [3.63, 3.8) is 0 Å². The molecule has 16 heavy (non-hydrogen) atoms. The molecule has 2 rings (SSSR count). The zero-order valence-electron chi connectivity index (χ0n) is 11.0. The summed E-state index contributed by atoms with van der Waals surface area (Å²) in [5, 5.41) is 0. The molecule has 2 aliphatic carbocycles. The quantitative estimate of drug-likeness (QED) is 0.762. The van der Waals surface area contributed by atoms with Gasteiger partial charge in [0, 0.05) is 6.04 Å². The van der Waals surface area contributed by atoms with Gasteiger partial charge < -0.3 is 5.73 Å². The van der Waals surface area contributed by atoms with Crippen LogP contribution in [0, 0.1) is 17.8 Å². The minimum atomic E-state index is 0.503. The second kappa shape index (κ2) is 6.05. The Hall–Kier alpha value is -0.0400. The molecule has 94 valence electrons. The lowest BCUT2D eigenvalue weighted by molar-refractivity contribution is 0.233. The maximum Gasteiger partial charge on any atom is 0.00673 e. The van der Waals surface area contributed by atoms with Crippen LogP contribution in [0.2, 0.25) is 0 Å². The van der Waals surface area contributed by atoms with Gasteiger partial charge in [0.15, 0.2) is 0 Å². The highest BCUT2D eigenvalue weighted by molar-refractivity contribution is 4.80. The van der Waals surface area contributed by atoms with Crippen molar-refractivity contribution in [1.82, 2.24) is 0 Å². The Labute approximate surface area is 101 Å². The van der Waals surface area contributed by atoms with Crippen molar-refractivity contribution < 1.29 is 0 Å². The molecule has 0 aromatic heterocycles. The van der Waals surface area contributed by atoms with E-state index in [9.17, 15) is 0 Å². The van der Waals surface area contributed by atoms with Crippen LogP contribution in [0.5, 0.6) is 0 Å². The highest BCUT2D eigenvalue weighted by Gasteiger charge is 2.25. The molecule has 0 radical (unpaired) electrons. The van der Waals surface area contributed by atoms with Crippen LogP contribution in [0.3, 0.4) is 0 Å². The maximum absolute atomic E-state index is 6.39. The molecule has 1 nitrogen and oxygen atoms in total. The highest BCUT2D eigenvalue weighted by atomic mass is 14.7. The van der Waals surface area contributed by atoms with E-state index in [0.29, 0.717) is 6.04 Å². The molecule has 1 heteroatoms. The first-order chi connectivity index (χ1) is 7.75. The first-order valence-electron chi connectivity index (χ1n) is 7.51. The number of hydrogen-bond donors (Lipinski definition) is 1. The third kappa shape index (κ3) is 3.48. The number of hydrogen-bond acceptors (Lipinski definition) is 1. The lowest BCUT2D eigenvalue weighted by Gasteiger charge is -2.31. The fourth-order valence-electron chi connectivity index (χ4n) is 3.83. The Morgan fingerprint density at radius 2 is 1.81 bits per heavy atom. The third-order valence-corrected chi connectivity index (χ3v) is 4.97. The molecule has 0 aliphatic heterocycles. The molecule has 2 saturated carbocycles. The van der Waals surface area contributed by atoms with E-state index in [4.69, 9.17) is 5.73 Å². The Morgan fingerprint density at radius 1 is 1.06 bits per heavy atom. The van der Waals surface area contributed by atoms with Crippen LogP contribution >= 0.6 is 0 Å². The summed E-state index contributed by atoms with van der Waals surface area (Å²) in [7, 11) is 0. The van der Waals surface area contributed by atoms with Crippen molar-refractivity contribution in [2.75, 3.05) is 0 Å². The molecule has 2 fully saturated rings. The summed E-state index contributed by atoms with van der Waals surface area (Å²) in [5.74, 6) is 2.79. The lowest BCUT2D eigenvalue weighted by atomic mass is 9.77. The molecule has 2 N–H and O–H groups in total. The van der Waals surface area contributed by atoms with Crippen molar-refractivity contribution in [3.05, 3.63) is 0 Å². The monoisotopic (exact) mass is 223 g/mol. The molecule has 0 aromatic carbocycles. The fourth-order valence-corrected chi connectivity index (χ4v) is 3.83. The van der Waals surface area contributed by atoms with E-state index in [1.54, 1.807) is 0 Å². The highest BCUT2D eigenvalue weighted by Crippen LogP contribution is 2.34. The third-order valence-electron chi connectivity index (χ3n) is 4.97. The van der Waals surface area contributed by atoms with E-state index >= 15 is 0 Å². The van der Waals surface area contributed by atoms with Gasteiger partial charge >= 0.3 is 0 Å². The van der Waals surface area contributed by atoms with Gasteiger partial charge in [-0.15, -0.1) is 0 Å². The van der Waals surface area contributed by atoms with Crippen molar-refractivity contribution in [2.45, 2.75) is 77.2 Å². The normalized spacial score (nSPS) is 34.1. The first-order valence-corrected chi connectivity index (χ1v) is 7.51. The Balaban J connectivity index is 1.67. The molecule has 3 unspecified atom stereocenters. The van der Waals surface area contributed by atoms with Crippen molar-refractivity contribution >= 4 is 0 Å². The van der Waals surface area contributed by atoms with Gasteiger partial charge in [0.2, 0.25) is 0 Å². The van der Waals surface area contributed by atoms with Crippen molar-refractivity contribution in [1.29, 1.82) is 0 Å². The lowest BCUT2D eigenvalue weighted by Crippen LogP contribution is -2.33. The Morgan fingerprint density at radius 3 is 2.50 bits per heavy atom. The smallest absolute Gasteiger partial charge is 0.00673 e. The molecule has 0 amide bonds. The van der Waals surface area contributed by atoms with Gasteiger partial charge in [-0.3, -0.25) is 0 Å². The molecule has 0 spiro atoms. The molecule has 0 saturated heterocycles. The minimum Gasteiger partial charge on any atom is -0.327 e. The summed E-state index contributed by atoms with van der Waals surface area (Å²) in [6.07, 6.45) is 14.3. The van der Waals surface area contributed by atoms with Crippen LogP contribution < -0.4 is 5.73 Å². The topological polar surface area (TPSA) is 26.0 Å². The molecular formula is C15H29N. The van der Waals surface area contributed by atoms with E-state index in [-0.39, 0.29) is 0 Å². The molecule has 3 atom stereocenters. The molecule has 0 heterocycles. The summed E-state index contributed by atoms with van der Waals surface area (Å²) >= 11 is 0. The number of nitrogens with two attached hydrogens (primary N) is 1. The number of rotatable bonds is 4. The summed E-state index contributed by atoms with van der Waals surface area (Å²) in [4.78, 5) is 0. The zero-order chi connectivity index (χ0) is 11.4. The standard InChI is InChI=1S/C15H29N/c1-12-5-4-8-14(11-12)15(16)10-9-13-6-2-3-7-13/h12-15H,2-11,16H2,1H3. The van der Waals surface area contributed by atoms with Gasteiger partial charge in [-0.2, -0.15) is 0 Å². The largest absolute Gasteiger partial charge is 0.327 e. The van der Waals surface area contributed by atoms with Gasteiger partial charge in [0.05, 0.1) is 0 Å². The zero-order valence-corrected chi connectivity index (χ0v) is 11.0. The Bertz CT molecular complexity index is 196. The van der Waals surface area contributed by atoms with E-state index in [0.717, 1.165) is 17.8 Å². The second-order valence-electron chi connectivity index (χ2n) is 6.42. The van der Waals surface area contributed by atoms with Crippen LogP contribution in [0.1, 0.15) is 71.1 Å². The van der Waals surface area contributed by atoms with Gasteiger partial charge in [-0.05, 0) is 43.4 Å². The predicted molar refractivity (Wildman–Crippen MR) is 70.3 cm³/mol. The summed E-state index contributed by atoms with van der Waals surface area (Å²) in [5.41, 5.74) is 6.39. The van der Waals surface area contributed by atoms with Gasteiger partial charge in [0.25, 0.3) is 0 Å². The van der Waals surface area contributed by atoms with Crippen LogP contribution in [0.15, 0.2) is 0 Å². The summed E-state index contributed by atoms with van der Waals surface area (Å²) in [6, 6.07) is 0.503. The first kappa shape index (κ1) is 12.4. The second-order valence-corrected chi connectivity index (χ2v) is 6.42. The minimum absolute atomic E-state index is 0.503. The average Bonchev–Trinajstić information content (AvgIpc) is 2.78. The van der Waals surface area contributed by atoms with Crippen LogP contribution in [0.4, 0.5) is 0 Å². The fraction of sp³-hybridized carbons (Fsp3) is 1.00. The van der Waals surface area contributed by atoms with Crippen LogP contribution in [-0.2, 0) is 0 Å². The molecule has 0 aromatic rings. The molecule has 2 aliphatic rings. The average molecular weight is 223 g/mol. The van der Waals surface area contributed by atoms with Crippen LogP contribution in [0.25, 0.3) is 0 Å². The summed E-state index contributed by atoms with van der Waals surface area (Å²) < 4.78 is 0. The van der Waals surface area contributed by atoms with E-state index in [1.165, 1.54) is 64.2 Å². The van der Waals surface area contributed by atoms with Crippen molar-refractivity contribution in [3.8, 4) is 0 Å². The van der Waals surface area contributed by atoms with E-state index in [1.807, 2.05) is 0 Å². The van der Waals surface area contributed by atoms with Crippen LogP contribution in [-0.4, -0.2) is 6.04 Å². The van der Waals surface area contributed by atoms with E-state index < -0.39 is 0 Å². The predicted octanol–water partition coefficient (Wildman–Crippen LogP) is 4.11. The Kier molecular flexibility index (Phi) is 4.69. The van der Waals surface area contributed by atoms with Gasteiger partial charge in [-0.25, -0.2) is 0 Å². The summed E-state index contributed by atoms with van der Waals surface area (Å²) in [6.45, 7) is 2.40. The van der Waals surface area contributed by atoms with E-state index in [2.05, 4.69) is 6.92 Å². The maximum atomic E-state index is 6.39. The molecule has 0 bridgehead atoms. The van der Waals surface area contributed by atoms with Gasteiger partial charge in [-0.1, -0.05) is 45.4 Å². The SMILES string of the molecule is CC1CCCC(C(N)CCC2CCCC2)C1. The molecular weight excluding hydrogens is 194 g/mol. The van der Waals surface area contributed by atoms with Crippen molar-refractivity contribution in [2.24, 2.45) is 23.5 Å².